The highest BCUT2D eigenvalue weighted by Gasteiger charge is 2.16. The first kappa shape index (κ1) is 19.9. The molecule has 2 rings (SSSR count). The normalized spacial score (nSPS) is 13.9. The molecule has 2 aromatic carbocycles. The van der Waals surface area contributed by atoms with Crippen molar-refractivity contribution in [2.45, 2.75) is 6.92 Å². The molecule has 2 aromatic rings. The van der Waals surface area contributed by atoms with Gasteiger partial charge < -0.3 is 22.5 Å². The minimum Gasteiger partial charge on any atom is -0.405 e. The second-order valence-electron chi connectivity index (χ2n) is 6.33. The Morgan fingerprint density at radius 1 is 1.00 bits per heavy atom. The fourth-order valence-electron chi connectivity index (χ4n) is 2.75. The third kappa shape index (κ3) is 5.54. The molecule has 0 bridgehead atoms. The molecule has 4 heteroatoms. The average molecular weight is 361 g/mol. The molecular formula is C23H28N4. The van der Waals surface area contributed by atoms with Crippen LogP contribution in [0.2, 0.25) is 0 Å². The molecule has 1 atom stereocenters. The molecule has 0 spiro atoms. The maximum absolute atomic E-state index is 6.60. The van der Waals surface area contributed by atoms with Gasteiger partial charge in [0.25, 0.3) is 0 Å². The standard InChI is InChI=1S/C23H28N4/c1-17(16-27-21(25)14-9-15-24)23(26)22(20-12-7-4-8-13-20)18(2)19-10-5-3-6-11-19/h3-15,17,27H,2,16,24-26H2,1H3/b15-9-,21-14+,23-22-. The third-order valence-electron chi connectivity index (χ3n) is 4.31. The summed E-state index contributed by atoms with van der Waals surface area (Å²) < 4.78 is 0. The van der Waals surface area contributed by atoms with E-state index in [-0.39, 0.29) is 5.92 Å². The van der Waals surface area contributed by atoms with Gasteiger partial charge in [0.1, 0.15) is 0 Å². The summed E-state index contributed by atoms with van der Waals surface area (Å²) in [4.78, 5) is 0. The molecule has 0 radical (unpaired) electrons. The van der Waals surface area contributed by atoms with E-state index in [1.807, 2.05) is 48.5 Å². The van der Waals surface area contributed by atoms with E-state index >= 15 is 0 Å². The quantitative estimate of drug-likeness (QED) is 0.542. The van der Waals surface area contributed by atoms with E-state index in [1.165, 1.54) is 6.20 Å². The molecule has 0 saturated carbocycles. The van der Waals surface area contributed by atoms with Crippen molar-refractivity contribution in [3.63, 3.8) is 0 Å². The monoisotopic (exact) mass is 360 g/mol. The third-order valence-corrected chi connectivity index (χ3v) is 4.31. The largest absolute Gasteiger partial charge is 0.405 e. The molecule has 0 aliphatic heterocycles. The molecule has 0 aliphatic carbocycles. The van der Waals surface area contributed by atoms with Gasteiger partial charge in [-0.05, 0) is 35.1 Å². The van der Waals surface area contributed by atoms with Gasteiger partial charge in [0.2, 0.25) is 0 Å². The fourth-order valence-corrected chi connectivity index (χ4v) is 2.75. The summed E-state index contributed by atoms with van der Waals surface area (Å²) in [5.41, 5.74) is 22.6. The Bertz CT molecular complexity index is 833. The van der Waals surface area contributed by atoms with Crippen LogP contribution in [0.25, 0.3) is 11.1 Å². The first-order valence-corrected chi connectivity index (χ1v) is 8.92. The topological polar surface area (TPSA) is 90.1 Å². The van der Waals surface area contributed by atoms with Crippen LogP contribution in [0, 0.1) is 5.92 Å². The minimum atomic E-state index is 0.0504. The number of nitrogens with two attached hydrogens (primary N) is 3. The van der Waals surface area contributed by atoms with Gasteiger partial charge in [-0.1, -0.05) is 74.2 Å². The first-order valence-electron chi connectivity index (χ1n) is 8.92. The van der Waals surface area contributed by atoms with Crippen molar-refractivity contribution in [3.05, 3.63) is 108 Å². The molecule has 0 aliphatic rings. The summed E-state index contributed by atoms with van der Waals surface area (Å²) in [6.45, 7) is 6.99. The number of hydrogen-bond donors (Lipinski definition) is 4. The molecule has 140 valence electrons. The SMILES string of the molecule is C=C(/C(=C(/N)C(C)CN/C(N)=C/C=C\N)c1ccccc1)c1ccccc1. The van der Waals surface area contributed by atoms with Gasteiger partial charge in [-0.3, -0.25) is 0 Å². The van der Waals surface area contributed by atoms with Crippen molar-refractivity contribution in [2.24, 2.45) is 23.1 Å². The van der Waals surface area contributed by atoms with Crippen LogP contribution in [0.1, 0.15) is 18.1 Å². The summed E-state index contributed by atoms with van der Waals surface area (Å²) >= 11 is 0. The van der Waals surface area contributed by atoms with E-state index in [4.69, 9.17) is 17.2 Å². The van der Waals surface area contributed by atoms with Gasteiger partial charge >= 0.3 is 0 Å². The summed E-state index contributed by atoms with van der Waals surface area (Å²) in [6.07, 6.45) is 4.83. The molecule has 0 fully saturated rings. The smallest absolute Gasteiger partial charge is 0.0960 e. The molecule has 4 nitrogen and oxygen atoms in total. The van der Waals surface area contributed by atoms with Gasteiger partial charge in [-0.15, -0.1) is 0 Å². The van der Waals surface area contributed by atoms with Crippen LogP contribution >= 0.6 is 0 Å². The van der Waals surface area contributed by atoms with Crippen molar-refractivity contribution < 1.29 is 0 Å². The number of nitrogens with one attached hydrogen (secondary N) is 1. The predicted octanol–water partition coefficient (Wildman–Crippen LogP) is 3.57. The van der Waals surface area contributed by atoms with Gasteiger partial charge in [-0.25, -0.2) is 0 Å². The molecule has 7 N–H and O–H groups in total. The van der Waals surface area contributed by atoms with E-state index in [0.29, 0.717) is 12.4 Å². The van der Waals surface area contributed by atoms with Crippen LogP contribution in [-0.4, -0.2) is 6.54 Å². The van der Waals surface area contributed by atoms with Crippen LogP contribution in [0.4, 0.5) is 0 Å². The Balaban J connectivity index is 2.35. The Morgan fingerprint density at radius 2 is 1.56 bits per heavy atom. The summed E-state index contributed by atoms with van der Waals surface area (Å²) in [7, 11) is 0. The predicted molar refractivity (Wildman–Crippen MR) is 116 cm³/mol. The maximum Gasteiger partial charge on any atom is 0.0960 e. The second kappa shape index (κ2) is 9.92. The highest BCUT2D eigenvalue weighted by molar-refractivity contribution is 6.05. The average Bonchev–Trinajstić information content (AvgIpc) is 2.71. The van der Waals surface area contributed by atoms with Crippen molar-refractivity contribution >= 4 is 11.1 Å². The van der Waals surface area contributed by atoms with Crippen LogP contribution in [0.3, 0.4) is 0 Å². The zero-order valence-corrected chi connectivity index (χ0v) is 15.7. The van der Waals surface area contributed by atoms with Crippen LogP contribution in [-0.2, 0) is 0 Å². The van der Waals surface area contributed by atoms with Crippen molar-refractivity contribution in [1.29, 1.82) is 0 Å². The number of benzene rings is 2. The fraction of sp³-hybridized carbons (Fsp3) is 0.130. The zero-order valence-electron chi connectivity index (χ0n) is 15.7. The zero-order chi connectivity index (χ0) is 19.6. The van der Waals surface area contributed by atoms with Crippen molar-refractivity contribution in [3.8, 4) is 0 Å². The van der Waals surface area contributed by atoms with Crippen LogP contribution in [0.15, 0.2) is 97.1 Å². The van der Waals surface area contributed by atoms with Gasteiger partial charge in [-0.2, -0.15) is 0 Å². The van der Waals surface area contributed by atoms with E-state index in [0.717, 1.165) is 28.0 Å². The van der Waals surface area contributed by atoms with Crippen LogP contribution < -0.4 is 22.5 Å². The Morgan fingerprint density at radius 3 is 2.11 bits per heavy atom. The van der Waals surface area contributed by atoms with Crippen molar-refractivity contribution in [1.82, 2.24) is 5.32 Å². The van der Waals surface area contributed by atoms with E-state index in [9.17, 15) is 0 Å². The Kier molecular flexibility index (Phi) is 7.32. The lowest BCUT2D eigenvalue weighted by molar-refractivity contribution is 0.613. The molecule has 0 aromatic heterocycles. The summed E-state index contributed by atoms with van der Waals surface area (Å²) in [5, 5.41) is 3.17. The van der Waals surface area contributed by atoms with E-state index < -0.39 is 0 Å². The molecule has 27 heavy (non-hydrogen) atoms. The van der Waals surface area contributed by atoms with Crippen LogP contribution in [0.5, 0.6) is 0 Å². The molecular weight excluding hydrogens is 332 g/mol. The minimum absolute atomic E-state index is 0.0504. The lowest BCUT2D eigenvalue weighted by atomic mass is 9.88. The second-order valence-corrected chi connectivity index (χ2v) is 6.33. The maximum atomic E-state index is 6.60. The number of allylic oxidation sites excluding steroid dienone is 4. The molecule has 0 saturated heterocycles. The summed E-state index contributed by atoms with van der Waals surface area (Å²) in [6, 6.07) is 20.2. The highest BCUT2D eigenvalue weighted by Crippen LogP contribution is 2.33. The Labute approximate surface area is 161 Å². The number of hydrogen-bond acceptors (Lipinski definition) is 4. The number of rotatable bonds is 8. The molecule has 1 unspecified atom stereocenters. The van der Waals surface area contributed by atoms with Gasteiger partial charge in [0, 0.05) is 23.7 Å². The lowest BCUT2D eigenvalue weighted by Gasteiger charge is -2.21. The molecule has 0 amide bonds. The Hall–Kier alpha value is -3.40. The van der Waals surface area contributed by atoms with E-state index in [1.54, 1.807) is 12.2 Å². The molecule has 0 heterocycles. The lowest BCUT2D eigenvalue weighted by Crippen LogP contribution is -2.28. The summed E-state index contributed by atoms with van der Waals surface area (Å²) in [5.74, 6) is 0.592. The van der Waals surface area contributed by atoms with Gasteiger partial charge in [0.15, 0.2) is 0 Å². The van der Waals surface area contributed by atoms with Crippen molar-refractivity contribution in [2.75, 3.05) is 6.54 Å². The first-order chi connectivity index (χ1) is 13.0. The van der Waals surface area contributed by atoms with E-state index in [2.05, 4.69) is 31.0 Å². The highest BCUT2D eigenvalue weighted by atomic mass is 15.0. The van der Waals surface area contributed by atoms with Gasteiger partial charge in [0.05, 0.1) is 5.82 Å².